The molecule has 146 valence electrons. The molecule has 2 aliphatic rings. The minimum atomic E-state index is -5.03. The summed E-state index contributed by atoms with van der Waals surface area (Å²) < 4.78 is 74.4. The molecule has 1 aromatic carbocycles. The van der Waals surface area contributed by atoms with E-state index in [0.29, 0.717) is 4.48 Å². The molecule has 1 heterocycles. The first-order chi connectivity index (χ1) is 12.5. The molecule has 0 bridgehead atoms. The normalized spacial score (nSPS) is 24.4. The lowest BCUT2D eigenvalue weighted by Gasteiger charge is -2.39. The van der Waals surface area contributed by atoms with Gasteiger partial charge in [0.15, 0.2) is 5.60 Å². The Kier molecular flexibility index (Phi) is 5.24. The van der Waals surface area contributed by atoms with Crippen molar-refractivity contribution in [2.75, 3.05) is 0 Å². The summed E-state index contributed by atoms with van der Waals surface area (Å²) in [6.45, 7) is 1.68. The zero-order chi connectivity index (χ0) is 20.0. The molecule has 8 heteroatoms. The van der Waals surface area contributed by atoms with Crippen LogP contribution in [-0.2, 0) is 0 Å². The number of allylic oxidation sites excluding steroid dienone is 5. The van der Waals surface area contributed by atoms with Crippen molar-refractivity contribution in [2.24, 2.45) is 5.92 Å². The summed E-state index contributed by atoms with van der Waals surface area (Å²) in [7, 11) is 0. The van der Waals surface area contributed by atoms with Crippen LogP contribution in [-0.4, -0.2) is 16.9 Å². The first-order valence-electron chi connectivity index (χ1n) is 8.19. The van der Waals surface area contributed by atoms with Crippen molar-refractivity contribution >= 4 is 15.9 Å². The smallest absolute Gasteiger partial charge is 0.417 e. The summed E-state index contributed by atoms with van der Waals surface area (Å²) >= 11 is 3.17. The molecule has 3 rings (SSSR count). The molecule has 1 aliphatic carbocycles. The van der Waals surface area contributed by atoms with Crippen LogP contribution >= 0.6 is 15.9 Å². The van der Waals surface area contributed by atoms with E-state index in [2.05, 4.69) is 15.9 Å². The van der Waals surface area contributed by atoms with Crippen molar-refractivity contribution in [1.82, 2.24) is 0 Å². The Morgan fingerprint density at radius 3 is 2.56 bits per heavy atom. The van der Waals surface area contributed by atoms with Gasteiger partial charge >= 0.3 is 6.18 Å². The number of ether oxygens (including phenoxy) is 1. The number of fused-ring (bicyclic) bond motifs is 1. The van der Waals surface area contributed by atoms with E-state index in [1.54, 1.807) is 13.0 Å². The summed E-state index contributed by atoms with van der Waals surface area (Å²) in [5.41, 5.74) is -3.26. The van der Waals surface area contributed by atoms with E-state index >= 15 is 0 Å². The van der Waals surface area contributed by atoms with Crippen LogP contribution in [0.1, 0.15) is 31.4 Å². The molecular weight excluding hydrogens is 435 g/mol. The predicted octanol–water partition coefficient (Wildman–Crippen LogP) is 6.04. The van der Waals surface area contributed by atoms with Crippen LogP contribution in [0.25, 0.3) is 0 Å². The zero-order valence-electron chi connectivity index (χ0n) is 14.2. The standard InChI is InChI=1S/C19H16BrF5O2/c1-10-4-12(20)6-11(15(22)5-10)8-18(26,19(23,24)25)9-17-14-7-13(21)2-3-16(14)27-17/h2-7,10,17,26H,8-9H2,1H3. The fraction of sp³-hybridized carbons (Fsp3) is 0.368. The lowest BCUT2D eigenvalue weighted by molar-refractivity contribution is -0.268. The molecule has 27 heavy (non-hydrogen) atoms. The molecule has 1 aromatic rings. The molecule has 0 radical (unpaired) electrons. The van der Waals surface area contributed by atoms with Crippen molar-refractivity contribution in [2.45, 2.75) is 37.6 Å². The Labute approximate surface area is 161 Å². The van der Waals surface area contributed by atoms with Crippen LogP contribution in [0.3, 0.4) is 0 Å². The number of hydrogen-bond acceptors (Lipinski definition) is 2. The second-order valence-corrected chi connectivity index (χ2v) is 7.71. The van der Waals surface area contributed by atoms with E-state index in [1.165, 1.54) is 18.2 Å². The molecule has 0 amide bonds. The third kappa shape index (κ3) is 4.11. The summed E-state index contributed by atoms with van der Waals surface area (Å²) in [6, 6.07) is 3.52. The van der Waals surface area contributed by atoms with Crippen molar-refractivity contribution < 1.29 is 31.8 Å². The van der Waals surface area contributed by atoms with Crippen molar-refractivity contribution in [3.05, 3.63) is 63.7 Å². The maximum Gasteiger partial charge on any atom is 0.417 e. The van der Waals surface area contributed by atoms with Crippen LogP contribution in [0.4, 0.5) is 22.0 Å². The first-order valence-corrected chi connectivity index (χ1v) is 8.98. The van der Waals surface area contributed by atoms with Gasteiger partial charge in [-0.15, -0.1) is 0 Å². The van der Waals surface area contributed by atoms with E-state index in [9.17, 15) is 27.1 Å². The average Bonchev–Trinajstić information content (AvgIpc) is 2.63. The number of benzene rings is 1. The summed E-state index contributed by atoms with van der Waals surface area (Å²) in [5, 5.41) is 10.4. The Hall–Kier alpha value is -1.67. The van der Waals surface area contributed by atoms with Gasteiger partial charge in [0, 0.05) is 22.9 Å². The SMILES string of the molecule is CC1C=C(Br)C=C(CC(O)(CC2Oc3ccc(F)cc32)C(F)(F)F)C(F)=C1. The van der Waals surface area contributed by atoms with Crippen LogP contribution < -0.4 is 4.74 Å². The molecule has 0 spiro atoms. The van der Waals surface area contributed by atoms with Gasteiger partial charge in [-0.25, -0.2) is 8.78 Å². The third-order valence-electron chi connectivity index (χ3n) is 4.57. The second kappa shape index (κ2) is 7.05. The maximum atomic E-state index is 14.4. The minimum Gasteiger partial charge on any atom is -0.485 e. The van der Waals surface area contributed by atoms with E-state index < -0.39 is 42.4 Å². The molecule has 0 saturated heterocycles. The van der Waals surface area contributed by atoms with Crippen molar-refractivity contribution in [3.8, 4) is 5.75 Å². The van der Waals surface area contributed by atoms with E-state index in [4.69, 9.17) is 4.74 Å². The van der Waals surface area contributed by atoms with Gasteiger partial charge in [0.25, 0.3) is 0 Å². The van der Waals surface area contributed by atoms with Crippen molar-refractivity contribution in [3.63, 3.8) is 0 Å². The number of rotatable bonds is 4. The minimum absolute atomic E-state index is 0.248. The molecular formula is C19H16BrF5O2. The van der Waals surface area contributed by atoms with E-state index in [0.717, 1.165) is 12.1 Å². The van der Waals surface area contributed by atoms with Crippen LogP contribution in [0, 0.1) is 11.7 Å². The van der Waals surface area contributed by atoms with Crippen LogP contribution in [0.5, 0.6) is 5.75 Å². The van der Waals surface area contributed by atoms with Gasteiger partial charge in [0.1, 0.15) is 23.5 Å². The number of alkyl halides is 3. The quantitative estimate of drug-likeness (QED) is 0.566. The summed E-state index contributed by atoms with van der Waals surface area (Å²) in [4.78, 5) is 0. The van der Waals surface area contributed by atoms with Crippen LogP contribution in [0.15, 0.2) is 52.3 Å². The Bertz CT molecular complexity index is 843. The van der Waals surface area contributed by atoms with Gasteiger partial charge < -0.3 is 9.84 Å². The maximum absolute atomic E-state index is 14.4. The number of aliphatic hydroxyl groups is 1. The second-order valence-electron chi connectivity index (χ2n) is 6.79. The molecule has 2 nitrogen and oxygen atoms in total. The zero-order valence-corrected chi connectivity index (χ0v) is 15.7. The molecule has 0 fully saturated rings. The van der Waals surface area contributed by atoms with Gasteiger partial charge in [-0.2, -0.15) is 13.2 Å². The first kappa shape index (κ1) is 20.1. The fourth-order valence-corrected chi connectivity index (χ4v) is 3.85. The predicted molar refractivity (Wildman–Crippen MR) is 93.5 cm³/mol. The fourth-order valence-electron chi connectivity index (χ4n) is 3.15. The highest BCUT2D eigenvalue weighted by atomic mass is 79.9. The third-order valence-corrected chi connectivity index (χ3v) is 5.07. The largest absolute Gasteiger partial charge is 0.485 e. The Morgan fingerprint density at radius 2 is 1.89 bits per heavy atom. The molecule has 3 unspecified atom stereocenters. The Morgan fingerprint density at radius 1 is 1.19 bits per heavy atom. The van der Waals surface area contributed by atoms with Crippen molar-refractivity contribution in [1.29, 1.82) is 0 Å². The highest BCUT2D eigenvalue weighted by molar-refractivity contribution is 9.11. The highest BCUT2D eigenvalue weighted by Crippen LogP contribution is 2.49. The van der Waals surface area contributed by atoms with Gasteiger partial charge in [-0.05, 0) is 41.8 Å². The molecule has 0 aromatic heterocycles. The van der Waals surface area contributed by atoms with Gasteiger partial charge in [0.2, 0.25) is 0 Å². The topological polar surface area (TPSA) is 29.5 Å². The number of halogens is 6. The molecule has 1 aliphatic heterocycles. The van der Waals surface area contributed by atoms with E-state index in [-0.39, 0.29) is 22.8 Å². The summed E-state index contributed by atoms with van der Waals surface area (Å²) in [5.74, 6) is -1.49. The monoisotopic (exact) mass is 450 g/mol. The highest BCUT2D eigenvalue weighted by Gasteiger charge is 2.56. The lowest BCUT2D eigenvalue weighted by atomic mass is 9.84. The van der Waals surface area contributed by atoms with Gasteiger partial charge in [-0.1, -0.05) is 28.9 Å². The molecule has 3 atom stereocenters. The van der Waals surface area contributed by atoms with Gasteiger partial charge in [0.05, 0.1) is 0 Å². The Balaban J connectivity index is 1.88. The molecule has 0 saturated carbocycles. The van der Waals surface area contributed by atoms with E-state index in [1.807, 2.05) is 0 Å². The number of hydrogen-bond donors (Lipinski definition) is 1. The van der Waals surface area contributed by atoms with Crippen LogP contribution in [0.2, 0.25) is 0 Å². The summed E-state index contributed by atoms with van der Waals surface area (Å²) in [6.07, 6.45) is -3.98. The lowest BCUT2D eigenvalue weighted by Crippen LogP contribution is -2.48. The average molecular weight is 451 g/mol. The van der Waals surface area contributed by atoms with Gasteiger partial charge in [-0.3, -0.25) is 0 Å². The molecule has 1 N–H and O–H groups in total.